The monoisotopic (exact) mass is 315 g/mol. The number of nitro groups is 1. The molecule has 0 aliphatic carbocycles. The van der Waals surface area contributed by atoms with Crippen LogP contribution in [0.5, 0.6) is 0 Å². The van der Waals surface area contributed by atoms with Gasteiger partial charge in [-0.05, 0) is 25.3 Å². The van der Waals surface area contributed by atoms with E-state index in [4.69, 9.17) is 22.4 Å². The molecular formula is C13H18ClN3O4. The first kappa shape index (κ1) is 17.2. The lowest BCUT2D eigenvalue weighted by molar-refractivity contribution is -0.383. The first-order valence-corrected chi connectivity index (χ1v) is 6.86. The van der Waals surface area contributed by atoms with E-state index in [0.717, 1.165) is 18.9 Å². The molecule has 0 aliphatic heterocycles. The Labute approximate surface area is 127 Å². The van der Waals surface area contributed by atoms with Gasteiger partial charge in [0.25, 0.3) is 11.6 Å². The van der Waals surface area contributed by atoms with Gasteiger partial charge >= 0.3 is 0 Å². The number of hydrogen-bond acceptors (Lipinski definition) is 5. The lowest BCUT2D eigenvalue weighted by Gasteiger charge is -2.17. The van der Waals surface area contributed by atoms with Crippen LogP contribution in [0.2, 0.25) is 5.02 Å². The van der Waals surface area contributed by atoms with Gasteiger partial charge in [-0.1, -0.05) is 11.6 Å². The Morgan fingerprint density at radius 1 is 1.43 bits per heavy atom. The van der Waals surface area contributed by atoms with Crippen molar-refractivity contribution in [3.05, 3.63) is 32.8 Å². The van der Waals surface area contributed by atoms with Gasteiger partial charge in [0.1, 0.15) is 5.69 Å². The second kappa shape index (κ2) is 7.80. The number of unbranched alkanes of at least 4 members (excludes halogenated alkanes) is 2. The molecule has 0 bridgehead atoms. The lowest BCUT2D eigenvalue weighted by atomic mass is 10.1. The molecule has 1 rings (SSSR count). The molecule has 0 saturated carbocycles. The van der Waals surface area contributed by atoms with Crippen LogP contribution in [0.3, 0.4) is 0 Å². The average Bonchev–Trinajstić information content (AvgIpc) is 2.45. The number of nitrogens with zero attached hydrogens (tertiary/aromatic N) is 2. The number of carbonyl (C=O) groups is 1. The van der Waals surface area contributed by atoms with Crippen molar-refractivity contribution in [3.8, 4) is 0 Å². The Morgan fingerprint density at radius 2 is 2.10 bits per heavy atom. The third kappa shape index (κ3) is 4.57. The number of benzene rings is 1. The summed E-state index contributed by atoms with van der Waals surface area (Å²) in [4.78, 5) is 23.9. The van der Waals surface area contributed by atoms with E-state index in [2.05, 4.69) is 0 Å². The smallest absolute Gasteiger partial charge is 0.294 e. The fourth-order valence-corrected chi connectivity index (χ4v) is 2.05. The number of hydrogen-bond donors (Lipinski definition) is 2. The number of carbonyl (C=O) groups excluding carboxylic acids is 1. The van der Waals surface area contributed by atoms with Crippen LogP contribution in [0.15, 0.2) is 12.1 Å². The maximum atomic E-state index is 12.2. The predicted molar refractivity (Wildman–Crippen MR) is 80.4 cm³/mol. The molecule has 7 nitrogen and oxygen atoms in total. The summed E-state index contributed by atoms with van der Waals surface area (Å²) >= 11 is 5.83. The highest BCUT2D eigenvalue weighted by Crippen LogP contribution is 2.31. The van der Waals surface area contributed by atoms with Gasteiger partial charge in [0, 0.05) is 31.8 Å². The van der Waals surface area contributed by atoms with Gasteiger partial charge < -0.3 is 15.7 Å². The molecule has 0 aromatic heterocycles. The molecule has 1 amide bonds. The summed E-state index contributed by atoms with van der Waals surface area (Å²) in [6, 6.07) is 2.46. The number of aliphatic hydroxyl groups excluding tert-OH is 1. The normalized spacial score (nSPS) is 10.4. The number of aliphatic hydroxyl groups is 1. The van der Waals surface area contributed by atoms with Crippen molar-refractivity contribution in [1.29, 1.82) is 0 Å². The van der Waals surface area contributed by atoms with Crippen LogP contribution >= 0.6 is 11.6 Å². The quantitative estimate of drug-likeness (QED) is 0.346. The zero-order valence-electron chi connectivity index (χ0n) is 11.7. The molecule has 3 N–H and O–H groups in total. The summed E-state index contributed by atoms with van der Waals surface area (Å²) < 4.78 is 0. The SMILES string of the molecule is CN(CCCCCO)C(=O)c1cc(Cl)c(N)c([N+](=O)[O-])c1. The van der Waals surface area contributed by atoms with Gasteiger partial charge in [0.05, 0.1) is 9.95 Å². The van der Waals surface area contributed by atoms with Crippen molar-refractivity contribution >= 4 is 28.9 Å². The fourth-order valence-electron chi connectivity index (χ4n) is 1.84. The molecule has 0 fully saturated rings. The molecule has 0 aliphatic rings. The summed E-state index contributed by atoms with van der Waals surface area (Å²) in [6.07, 6.45) is 2.23. The lowest BCUT2D eigenvalue weighted by Crippen LogP contribution is -2.28. The number of nitro benzene ring substituents is 1. The van der Waals surface area contributed by atoms with Gasteiger partial charge in [-0.25, -0.2) is 0 Å². The number of nitrogen functional groups attached to an aromatic ring is 1. The molecule has 1 aromatic carbocycles. The van der Waals surface area contributed by atoms with E-state index in [0.29, 0.717) is 13.0 Å². The van der Waals surface area contributed by atoms with E-state index in [-0.39, 0.29) is 34.5 Å². The van der Waals surface area contributed by atoms with Crippen LogP contribution in [-0.2, 0) is 0 Å². The van der Waals surface area contributed by atoms with Crippen molar-refractivity contribution in [2.75, 3.05) is 25.9 Å². The van der Waals surface area contributed by atoms with Crippen LogP contribution in [-0.4, -0.2) is 41.0 Å². The topological polar surface area (TPSA) is 110 Å². The molecule has 1 aromatic rings. The predicted octanol–water partition coefficient (Wildman–Crippen LogP) is 2.06. The summed E-state index contributed by atoms with van der Waals surface area (Å²) in [7, 11) is 1.61. The van der Waals surface area contributed by atoms with Crippen molar-refractivity contribution in [1.82, 2.24) is 4.90 Å². The summed E-state index contributed by atoms with van der Waals surface area (Å²) in [5, 5.41) is 19.6. The highest BCUT2D eigenvalue weighted by atomic mass is 35.5. The van der Waals surface area contributed by atoms with Crippen molar-refractivity contribution in [2.24, 2.45) is 0 Å². The van der Waals surface area contributed by atoms with E-state index in [1.54, 1.807) is 7.05 Å². The molecule has 116 valence electrons. The van der Waals surface area contributed by atoms with Gasteiger partial charge in [-0.3, -0.25) is 14.9 Å². The molecule has 0 radical (unpaired) electrons. The van der Waals surface area contributed by atoms with Gasteiger partial charge in [-0.2, -0.15) is 0 Å². The average molecular weight is 316 g/mol. The van der Waals surface area contributed by atoms with E-state index >= 15 is 0 Å². The molecule has 21 heavy (non-hydrogen) atoms. The first-order valence-electron chi connectivity index (χ1n) is 6.48. The summed E-state index contributed by atoms with van der Waals surface area (Å²) in [5.41, 5.74) is 5.13. The number of amides is 1. The van der Waals surface area contributed by atoms with E-state index in [9.17, 15) is 14.9 Å². The Morgan fingerprint density at radius 3 is 2.67 bits per heavy atom. The highest BCUT2D eigenvalue weighted by molar-refractivity contribution is 6.34. The number of halogens is 1. The van der Waals surface area contributed by atoms with Gasteiger partial charge in [-0.15, -0.1) is 0 Å². The van der Waals surface area contributed by atoms with Crippen molar-refractivity contribution < 1.29 is 14.8 Å². The van der Waals surface area contributed by atoms with Crippen LogP contribution in [0.4, 0.5) is 11.4 Å². The number of anilines is 1. The molecule has 0 unspecified atom stereocenters. The third-order valence-corrected chi connectivity index (χ3v) is 3.36. The molecule has 0 heterocycles. The Balaban J connectivity index is 2.85. The van der Waals surface area contributed by atoms with Gasteiger partial charge in [0.2, 0.25) is 0 Å². The van der Waals surface area contributed by atoms with Crippen LogP contribution in [0.25, 0.3) is 0 Å². The van der Waals surface area contributed by atoms with Crippen LogP contribution < -0.4 is 5.73 Å². The first-order chi connectivity index (χ1) is 9.88. The largest absolute Gasteiger partial charge is 0.396 e. The summed E-state index contributed by atoms with van der Waals surface area (Å²) in [5.74, 6) is -0.357. The number of rotatable bonds is 7. The minimum absolute atomic E-state index is 0.0127. The molecule has 0 atom stereocenters. The summed E-state index contributed by atoms with van der Waals surface area (Å²) in [6.45, 7) is 0.617. The Hall–Kier alpha value is -1.86. The second-order valence-electron chi connectivity index (χ2n) is 4.66. The minimum Gasteiger partial charge on any atom is -0.396 e. The zero-order chi connectivity index (χ0) is 16.0. The molecule has 8 heteroatoms. The Kier molecular flexibility index (Phi) is 6.39. The second-order valence-corrected chi connectivity index (χ2v) is 5.07. The molecule has 0 spiro atoms. The van der Waals surface area contributed by atoms with Crippen molar-refractivity contribution in [2.45, 2.75) is 19.3 Å². The van der Waals surface area contributed by atoms with Gasteiger partial charge in [0.15, 0.2) is 0 Å². The Bertz CT molecular complexity index is 536. The van der Waals surface area contributed by atoms with Crippen LogP contribution in [0, 0.1) is 10.1 Å². The van der Waals surface area contributed by atoms with Crippen molar-refractivity contribution in [3.63, 3.8) is 0 Å². The maximum Gasteiger partial charge on any atom is 0.294 e. The van der Waals surface area contributed by atoms with Crippen LogP contribution in [0.1, 0.15) is 29.6 Å². The number of nitrogens with two attached hydrogens (primary N) is 1. The third-order valence-electron chi connectivity index (χ3n) is 3.05. The minimum atomic E-state index is -0.667. The maximum absolute atomic E-state index is 12.2. The molecule has 0 saturated heterocycles. The highest BCUT2D eigenvalue weighted by Gasteiger charge is 2.21. The molecular weight excluding hydrogens is 298 g/mol. The van der Waals surface area contributed by atoms with E-state index in [1.165, 1.54) is 11.0 Å². The van der Waals surface area contributed by atoms with E-state index < -0.39 is 4.92 Å². The standard InChI is InChI=1S/C13H18ClN3O4/c1-16(5-3-2-4-6-18)13(19)9-7-10(14)12(15)11(8-9)17(20)21/h7-8,18H,2-6,15H2,1H3. The van der Waals surface area contributed by atoms with E-state index in [1.807, 2.05) is 0 Å². The zero-order valence-corrected chi connectivity index (χ0v) is 12.5. The fraction of sp³-hybridized carbons (Fsp3) is 0.462.